The van der Waals surface area contributed by atoms with E-state index in [1.54, 1.807) is 0 Å². The van der Waals surface area contributed by atoms with Gasteiger partial charge >= 0.3 is 0 Å². The molecule has 0 N–H and O–H groups in total. The maximum Gasteiger partial charge on any atom is 0.153 e. The molecule has 0 radical (unpaired) electrons. The molecule has 0 aliphatic heterocycles. The highest BCUT2D eigenvalue weighted by Crippen LogP contribution is 2.39. The largest absolute Gasteiger partial charge is 0.237 e. The van der Waals surface area contributed by atoms with E-state index in [2.05, 4.69) is 22.3 Å². The quantitative estimate of drug-likeness (QED) is 0.743. The Morgan fingerprint density at radius 1 is 1.27 bits per heavy atom. The number of nitrogens with zero attached hydrogens (tertiary/aromatic N) is 3. The van der Waals surface area contributed by atoms with Crippen LogP contribution in [0.25, 0.3) is 5.82 Å². The molecular formula is C12H13N3. The lowest BCUT2D eigenvalue weighted by atomic mass is 10.2. The van der Waals surface area contributed by atoms with E-state index < -0.39 is 0 Å². The summed E-state index contributed by atoms with van der Waals surface area (Å²) in [6.07, 6.45) is 8.54. The van der Waals surface area contributed by atoms with Gasteiger partial charge in [0.05, 0.1) is 6.20 Å². The van der Waals surface area contributed by atoms with E-state index in [1.807, 2.05) is 30.1 Å². The summed E-state index contributed by atoms with van der Waals surface area (Å²) < 4.78 is 1.85. The van der Waals surface area contributed by atoms with Crippen molar-refractivity contribution in [3.8, 4) is 5.82 Å². The topological polar surface area (TPSA) is 30.7 Å². The Morgan fingerprint density at radius 2 is 2.13 bits per heavy atom. The van der Waals surface area contributed by atoms with Crippen molar-refractivity contribution in [2.75, 3.05) is 0 Å². The molecule has 3 nitrogen and oxygen atoms in total. The third-order valence-corrected chi connectivity index (χ3v) is 2.78. The smallest absolute Gasteiger partial charge is 0.153 e. The molecule has 0 bridgehead atoms. The zero-order valence-corrected chi connectivity index (χ0v) is 8.72. The van der Waals surface area contributed by atoms with E-state index in [-0.39, 0.29) is 0 Å². The van der Waals surface area contributed by atoms with Gasteiger partial charge in [0.15, 0.2) is 5.82 Å². The number of hydrogen-bond acceptors (Lipinski definition) is 2. The molecule has 0 atom stereocenters. The Bertz CT molecular complexity index is 466. The summed E-state index contributed by atoms with van der Waals surface area (Å²) >= 11 is 0. The molecule has 1 aliphatic rings. The van der Waals surface area contributed by atoms with Gasteiger partial charge in [0.2, 0.25) is 0 Å². The molecule has 0 aromatic carbocycles. The lowest BCUT2D eigenvalue weighted by molar-refractivity contribution is 0.844. The van der Waals surface area contributed by atoms with E-state index in [9.17, 15) is 0 Å². The highest BCUT2D eigenvalue weighted by Gasteiger charge is 2.24. The molecule has 1 saturated carbocycles. The summed E-state index contributed by atoms with van der Waals surface area (Å²) in [6, 6.07) is 4.06. The van der Waals surface area contributed by atoms with Gasteiger partial charge in [0.1, 0.15) is 0 Å². The number of pyridine rings is 1. The van der Waals surface area contributed by atoms with E-state index in [1.165, 1.54) is 24.0 Å². The van der Waals surface area contributed by atoms with Crippen LogP contribution in [0.3, 0.4) is 0 Å². The van der Waals surface area contributed by atoms with Crippen molar-refractivity contribution in [3.05, 3.63) is 41.9 Å². The van der Waals surface area contributed by atoms with Crippen LogP contribution in [0.1, 0.15) is 29.9 Å². The van der Waals surface area contributed by atoms with Crippen molar-refractivity contribution in [1.82, 2.24) is 14.8 Å². The van der Waals surface area contributed by atoms with E-state index >= 15 is 0 Å². The van der Waals surface area contributed by atoms with Gasteiger partial charge in [0.25, 0.3) is 0 Å². The third-order valence-electron chi connectivity index (χ3n) is 2.78. The molecule has 0 spiro atoms. The number of aromatic nitrogens is 3. The third kappa shape index (κ3) is 1.65. The minimum atomic E-state index is 0.754. The molecule has 0 amide bonds. The average Bonchev–Trinajstić information content (AvgIpc) is 2.99. The Balaban J connectivity index is 1.93. The SMILES string of the molecule is Cc1ccc(-n2cc(C3CC3)cn2)nc1. The van der Waals surface area contributed by atoms with Crippen LogP contribution in [0.5, 0.6) is 0 Å². The number of aryl methyl sites for hydroxylation is 1. The standard InChI is InChI=1S/C12H13N3/c1-9-2-5-12(13-6-9)15-8-11(7-14-15)10-3-4-10/h2,5-8,10H,3-4H2,1H3. The van der Waals surface area contributed by atoms with Gasteiger partial charge < -0.3 is 0 Å². The van der Waals surface area contributed by atoms with Crippen LogP contribution in [0.15, 0.2) is 30.7 Å². The van der Waals surface area contributed by atoms with Gasteiger partial charge in [-0.05, 0) is 42.9 Å². The molecule has 2 aromatic heterocycles. The van der Waals surface area contributed by atoms with Gasteiger partial charge in [-0.3, -0.25) is 0 Å². The predicted octanol–water partition coefficient (Wildman–Crippen LogP) is 2.45. The average molecular weight is 199 g/mol. The van der Waals surface area contributed by atoms with Crippen LogP contribution in [-0.2, 0) is 0 Å². The Labute approximate surface area is 88.8 Å². The summed E-state index contributed by atoms with van der Waals surface area (Å²) in [6.45, 7) is 2.04. The molecule has 2 heterocycles. The van der Waals surface area contributed by atoms with Gasteiger partial charge in [0, 0.05) is 12.4 Å². The van der Waals surface area contributed by atoms with E-state index in [4.69, 9.17) is 0 Å². The second kappa shape index (κ2) is 3.19. The monoisotopic (exact) mass is 199 g/mol. The van der Waals surface area contributed by atoms with Crippen molar-refractivity contribution < 1.29 is 0 Å². The summed E-state index contributed by atoms with van der Waals surface area (Å²) in [5.41, 5.74) is 2.52. The van der Waals surface area contributed by atoms with Crippen LogP contribution in [-0.4, -0.2) is 14.8 Å². The molecule has 1 aliphatic carbocycles. The summed E-state index contributed by atoms with van der Waals surface area (Å²) in [5.74, 6) is 1.65. The molecule has 1 fully saturated rings. The summed E-state index contributed by atoms with van der Waals surface area (Å²) in [7, 11) is 0. The first-order chi connectivity index (χ1) is 7.33. The molecular weight excluding hydrogens is 186 g/mol. The van der Waals surface area contributed by atoms with Crippen molar-refractivity contribution >= 4 is 0 Å². The maximum absolute atomic E-state index is 4.34. The van der Waals surface area contributed by atoms with Crippen molar-refractivity contribution in [2.24, 2.45) is 0 Å². The number of hydrogen-bond donors (Lipinski definition) is 0. The minimum Gasteiger partial charge on any atom is -0.237 e. The first kappa shape index (κ1) is 8.65. The van der Waals surface area contributed by atoms with Crippen molar-refractivity contribution in [2.45, 2.75) is 25.7 Å². The van der Waals surface area contributed by atoms with Gasteiger partial charge in [-0.15, -0.1) is 0 Å². The van der Waals surface area contributed by atoms with Crippen molar-refractivity contribution in [3.63, 3.8) is 0 Å². The van der Waals surface area contributed by atoms with E-state index in [0.29, 0.717) is 0 Å². The first-order valence-corrected chi connectivity index (χ1v) is 5.30. The lowest BCUT2D eigenvalue weighted by Crippen LogP contribution is -1.97. The summed E-state index contributed by atoms with van der Waals surface area (Å²) in [5, 5.41) is 4.33. The maximum atomic E-state index is 4.34. The van der Waals surface area contributed by atoms with Gasteiger partial charge in [-0.25, -0.2) is 9.67 Å². The highest BCUT2D eigenvalue weighted by molar-refractivity contribution is 5.27. The molecule has 76 valence electrons. The van der Waals surface area contributed by atoms with Crippen LogP contribution < -0.4 is 0 Å². The molecule has 0 unspecified atom stereocenters. The van der Waals surface area contributed by atoms with Crippen LogP contribution >= 0.6 is 0 Å². The van der Waals surface area contributed by atoms with Crippen LogP contribution in [0.4, 0.5) is 0 Å². The fraction of sp³-hybridized carbons (Fsp3) is 0.333. The molecule has 0 saturated heterocycles. The van der Waals surface area contributed by atoms with Gasteiger partial charge in [-0.2, -0.15) is 5.10 Å². The molecule has 15 heavy (non-hydrogen) atoms. The Hall–Kier alpha value is -1.64. The first-order valence-electron chi connectivity index (χ1n) is 5.30. The Kier molecular flexibility index (Phi) is 1.84. The fourth-order valence-corrected chi connectivity index (χ4v) is 1.69. The lowest BCUT2D eigenvalue weighted by Gasteiger charge is -1.99. The van der Waals surface area contributed by atoms with Crippen LogP contribution in [0.2, 0.25) is 0 Å². The summed E-state index contributed by atoms with van der Waals surface area (Å²) in [4.78, 5) is 4.34. The molecule has 3 rings (SSSR count). The Morgan fingerprint density at radius 3 is 2.80 bits per heavy atom. The second-order valence-electron chi connectivity index (χ2n) is 4.19. The normalized spacial score (nSPS) is 15.5. The zero-order valence-electron chi connectivity index (χ0n) is 8.72. The molecule has 2 aromatic rings. The number of rotatable bonds is 2. The highest BCUT2D eigenvalue weighted by atomic mass is 15.3. The fourth-order valence-electron chi connectivity index (χ4n) is 1.69. The van der Waals surface area contributed by atoms with Crippen molar-refractivity contribution in [1.29, 1.82) is 0 Å². The zero-order chi connectivity index (χ0) is 10.3. The van der Waals surface area contributed by atoms with Crippen LogP contribution in [0, 0.1) is 6.92 Å². The minimum absolute atomic E-state index is 0.754. The van der Waals surface area contributed by atoms with Gasteiger partial charge in [-0.1, -0.05) is 6.07 Å². The van der Waals surface area contributed by atoms with E-state index in [0.717, 1.165) is 11.7 Å². The second-order valence-corrected chi connectivity index (χ2v) is 4.19. The predicted molar refractivity (Wildman–Crippen MR) is 58.1 cm³/mol. The molecule has 3 heteroatoms.